The molecule has 0 saturated heterocycles. The van der Waals surface area contributed by atoms with Crippen molar-refractivity contribution in [1.29, 1.82) is 0 Å². The Morgan fingerprint density at radius 3 is 2.88 bits per heavy atom. The van der Waals surface area contributed by atoms with Gasteiger partial charge >= 0.3 is 0 Å². The number of aromatic nitrogens is 4. The summed E-state index contributed by atoms with van der Waals surface area (Å²) in [4.78, 5) is 10.4. The molecule has 0 aliphatic heterocycles. The van der Waals surface area contributed by atoms with Crippen LogP contribution in [0.2, 0.25) is 0 Å². The van der Waals surface area contributed by atoms with Gasteiger partial charge in [-0.15, -0.1) is 0 Å². The van der Waals surface area contributed by atoms with Crippen LogP contribution in [-0.2, 0) is 0 Å². The zero-order valence-corrected chi connectivity index (χ0v) is 10.2. The van der Waals surface area contributed by atoms with Gasteiger partial charge in [0.2, 0.25) is 5.95 Å². The molecule has 0 saturated carbocycles. The third-order valence-electron chi connectivity index (χ3n) is 2.43. The summed E-state index contributed by atoms with van der Waals surface area (Å²) in [5.74, 6) is 1.49. The summed E-state index contributed by atoms with van der Waals surface area (Å²) in [7, 11) is 3.83. The van der Waals surface area contributed by atoms with Gasteiger partial charge in [0.15, 0.2) is 0 Å². The van der Waals surface area contributed by atoms with Crippen LogP contribution in [0.5, 0.6) is 0 Å². The second-order valence-electron chi connectivity index (χ2n) is 4.03. The van der Waals surface area contributed by atoms with Crippen LogP contribution >= 0.6 is 0 Å². The maximum atomic E-state index is 4.40. The van der Waals surface area contributed by atoms with Gasteiger partial charge in [-0.2, -0.15) is 10.1 Å². The molecule has 1 atom stereocenters. The Bertz CT molecular complexity index is 465. The summed E-state index contributed by atoms with van der Waals surface area (Å²) in [6, 6.07) is 2.00. The number of rotatable bonds is 4. The quantitative estimate of drug-likeness (QED) is 0.834. The molecule has 0 aliphatic carbocycles. The van der Waals surface area contributed by atoms with Crippen LogP contribution in [-0.4, -0.2) is 34.3 Å². The largest absolute Gasteiger partial charge is 0.363 e. The summed E-state index contributed by atoms with van der Waals surface area (Å²) >= 11 is 0. The minimum atomic E-state index is 0.152. The van der Waals surface area contributed by atoms with E-state index in [0.717, 1.165) is 11.4 Å². The molecule has 90 valence electrons. The monoisotopic (exact) mass is 232 g/mol. The van der Waals surface area contributed by atoms with E-state index in [1.165, 1.54) is 0 Å². The first kappa shape index (κ1) is 11.4. The topological polar surface area (TPSA) is 69.7 Å². The van der Waals surface area contributed by atoms with E-state index in [9.17, 15) is 0 Å². The maximum absolute atomic E-state index is 4.40. The predicted molar refractivity (Wildman–Crippen MR) is 67.0 cm³/mol. The number of H-pyrrole nitrogens is 1. The Morgan fingerprint density at radius 2 is 2.24 bits per heavy atom. The average Bonchev–Trinajstić information content (AvgIpc) is 2.82. The Hall–Kier alpha value is -2.11. The third kappa shape index (κ3) is 2.72. The minimum Gasteiger partial charge on any atom is -0.363 e. The highest BCUT2D eigenvalue weighted by molar-refractivity contribution is 5.42. The molecule has 0 aliphatic rings. The van der Waals surface area contributed by atoms with Crippen LogP contribution in [0, 0.1) is 0 Å². The molecule has 2 N–H and O–H groups in total. The van der Waals surface area contributed by atoms with Gasteiger partial charge in [-0.1, -0.05) is 0 Å². The Kier molecular flexibility index (Phi) is 3.22. The smallest absolute Gasteiger partial charge is 0.226 e. The number of aromatic amines is 1. The normalized spacial score (nSPS) is 12.2. The predicted octanol–water partition coefficient (Wildman–Crippen LogP) is 1.44. The molecule has 2 aromatic rings. The number of nitrogens with one attached hydrogen (secondary N) is 2. The summed E-state index contributed by atoms with van der Waals surface area (Å²) < 4.78 is 0. The number of nitrogens with zero attached hydrogens (tertiary/aromatic N) is 4. The molecule has 2 heterocycles. The fourth-order valence-electron chi connectivity index (χ4n) is 1.45. The van der Waals surface area contributed by atoms with E-state index in [4.69, 9.17) is 0 Å². The van der Waals surface area contributed by atoms with Gasteiger partial charge in [0.1, 0.15) is 5.82 Å². The van der Waals surface area contributed by atoms with Crippen LogP contribution in [0.15, 0.2) is 24.7 Å². The van der Waals surface area contributed by atoms with Crippen LogP contribution in [0.1, 0.15) is 18.5 Å². The first-order chi connectivity index (χ1) is 8.16. The second kappa shape index (κ2) is 4.82. The first-order valence-corrected chi connectivity index (χ1v) is 5.42. The lowest BCUT2D eigenvalue weighted by Gasteiger charge is -2.15. The van der Waals surface area contributed by atoms with Gasteiger partial charge in [-0.25, -0.2) is 4.98 Å². The van der Waals surface area contributed by atoms with E-state index < -0.39 is 0 Å². The SMILES string of the molecule is CC(Nc1ccnc(N(C)C)n1)c1cn[nH]c1. The van der Waals surface area contributed by atoms with Gasteiger partial charge in [0, 0.05) is 32.1 Å². The van der Waals surface area contributed by atoms with Crippen LogP contribution in [0.4, 0.5) is 11.8 Å². The molecule has 0 radical (unpaired) electrons. The lowest BCUT2D eigenvalue weighted by Crippen LogP contribution is -2.14. The average molecular weight is 232 g/mol. The van der Waals surface area contributed by atoms with E-state index in [-0.39, 0.29) is 6.04 Å². The van der Waals surface area contributed by atoms with Gasteiger partial charge in [-0.05, 0) is 13.0 Å². The van der Waals surface area contributed by atoms with Crippen molar-refractivity contribution in [3.8, 4) is 0 Å². The van der Waals surface area contributed by atoms with Crippen molar-refractivity contribution >= 4 is 11.8 Å². The van der Waals surface area contributed by atoms with Crippen molar-refractivity contribution in [2.45, 2.75) is 13.0 Å². The highest BCUT2D eigenvalue weighted by Gasteiger charge is 2.08. The summed E-state index contributed by atoms with van der Waals surface area (Å²) in [6.45, 7) is 2.06. The molecule has 17 heavy (non-hydrogen) atoms. The Morgan fingerprint density at radius 1 is 1.41 bits per heavy atom. The van der Waals surface area contributed by atoms with Crippen LogP contribution in [0.3, 0.4) is 0 Å². The first-order valence-electron chi connectivity index (χ1n) is 5.42. The molecule has 2 rings (SSSR count). The maximum Gasteiger partial charge on any atom is 0.226 e. The lowest BCUT2D eigenvalue weighted by molar-refractivity contribution is 0.869. The van der Waals surface area contributed by atoms with Gasteiger partial charge in [0.25, 0.3) is 0 Å². The highest BCUT2D eigenvalue weighted by Crippen LogP contribution is 2.17. The third-order valence-corrected chi connectivity index (χ3v) is 2.43. The summed E-state index contributed by atoms with van der Waals surface area (Å²) in [5.41, 5.74) is 1.09. The fourth-order valence-corrected chi connectivity index (χ4v) is 1.45. The molecule has 0 fully saturated rings. The van der Waals surface area contributed by atoms with Crippen molar-refractivity contribution < 1.29 is 0 Å². The van der Waals surface area contributed by atoms with Crippen molar-refractivity contribution in [3.05, 3.63) is 30.2 Å². The summed E-state index contributed by atoms with van der Waals surface area (Å²) in [5, 5.41) is 10.0. The standard InChI is InChI=1S/C11H16N6/c1-8(9-6-13-14-7-9)15-10-4-5-12-11(16-10)17(2)3/h4-8H,1-3H3,(H,13,14)(H,12,15,16). The number of hydrogen-bond donors (Lipinski definition) is 2. The zero-order chi connectivity index (χ0) is 12.3. The molecule has 1 unspecified atom stereocenters. The van der Waals surface area contributed by atoms with E-state index in [1.807, 2.05) is 31.3 Å². The molecule has 0 amide bonds. The molecule has 0 bridgehead atoms. The van der Waals surface area contributed by atoms with Gasteiger partial charge in [-0.3, -0.25) is 5.10 Å². The Balaban J connectivity index is 2.11. The molecule has 0 aromatic carbocycles. The van der Waals surface area contributed by atoms with Crippen molar-refractivity contribution in [3.63, 3.8) is 0 Å². The van der Waals surface area contributed by atoms with Gasteiger partial charge in [0.05, 0.1) is 12.2 Å². The fraction of sp³-hybridized carbons (Fsp3) is 0.364. The van der Waals surface area contributed by atoms with E-state index in [1.54, 1.807) is 12.4 Å². The zero-order valence-electron chi connectivity index (χ0n) is 10.2. The minimum absolute atomic E-state index is 0.152. The van der Waals surface area contributed by atoms with Crippen molar-refractivity contribution in [2.24, 2.45) is 0 Å². The second-order valence-corrected chi connectivity index (χ2v) is 4.03. The van der Waals surface area contributed by atoms with Crippen molar-refractivity contribution in [2.75, 3.05) is 24.3 Å². The van der Waals surface area contributed by atoms with Gasteiger partial charge < -0.3 is 10.2 Å². The van der Waals surface area contributed by atoms with E-state index in [0.29, 0.717) is 5.95 Å². The summed E-state index contributed by atoms with van der Waals surface area (Å²) in [6.07, 6.45) is 5.41. The number of anilines is 2. The molecule has 6 nitrogen and oxygen atoms in total. The van der Waals surface area contributed by atoms with E-state index >= 15 is 0 Å². The molecular formula is C11H16N6. The molecule has 2 aromatic heterocycles. The Labute approximate surface area is 100 Å². The lowest BCUT2D eigenvalue weighted by atomic mass is 10.2. The van der Waals surface area contributed by atoms with Crippen molar-refractivity contribution in [1.82, 2.24) is 20.2 Å². The number of hydrogen-bond acceptors (Lipinski definition) is 5. The molecule has 0 spiro atoms. The van der Waals surface area contributed by atoms with E-state index in [2.05, 4.69) is 32.4 Å². The highest BCUT2D eigenvalue weighted by atomic mass is 15.2. The van der Waals surface area contributed by atoms with Crippen LogP contribution in [0.25, 0.3) is 0 Å². The molecular weight excluding hydrogens is 216 g/mol. The van der Waals surface area contributed by atoms with Crippen LogP contribution < -0.4 is 10.2 Å². The molecule has 6 heteroatoms.